The average Bonchev–Trinajstić information content (AvgIpc) is 2.57. The number of ketones is 1. The third-order valence-electron chi connectivity index (χ3n) is 4.46. The summed E-state index contributed by atoms with van der Waals surface area (Å²) < 4.78 is 5.95. The van der Waals surface area contributed by atoms with Crippen molar-refractivity contribution in [1.82, 2.24) is 4.90 Å². The van der Waals surface area contributed by atoms with Crippen molar-refractivity contribution in [2.45, 2.75) is 59.2 Å². The van der Waals surface area contributed by atoms with Gasteiger partial charge < -0.3 is 9.64 Å². The number of hydrogen-bond donors (Lipinski definition) is 0. The van der Waals surface area contributed by atoms with Crippen molar-refractivity contribution in [1.29, 1.82) is 0 Å². The van der Waals surface area contributed by atoms with Crippen LogP contribution in [0.5, 0.6) is 0 Å². The molecule has 2 fully saturated rings. The molecule has 0 N–H and O–H groups in total. The van der Waals surface area contributed by atoms with Crippen LogP contribution in [-0.2, 0) is 9.53 Å². The summed E-state index contributed by atoms with van der Waals surface area (Å²) >= 11 is 0. The Balaban J connectivity index is 2.07. The highest BCUT2D eigenvalue weighted by Gasteiger charge is 2.53. The first-order chi connectivity index (χ1) is 8.04. The van der Waals surface area contributed by atoms with E-state index in [-0.39, 0.29) is 17.3 Å². The van der Waals surface area contributed by atoms with Crippen molar-refractivity contribution < 1.29 is 9.53 Å². The number of Topliss-reactive ketones (excluding diaryl/α,β-unsaturated/α-hetero) is 1. The molecule has 0 aliphatic carbocycles. The SMILES string of the molecule is CC1(C)CCN(CC2C(=O)C(C)(C)OC2(C)C)C1. The van der Waals surface area contributed by atoms with E-state index < -0.39 is 5.60 Å². The maximum Gasteiger partial charge on any atom is 0.171 e. The second-order valence-corrected chi connectivity index (χ2v) is 7.78. The summed E-state index contributed by atoms with van der Waals surface area (Å²) in [4.78, 5) is 14.9. The minimum Gasteiger partial charge on any atom is -0.361 e. The highest BCUT2D eigenvalue weighted by molar-refractivity contribution is 5.91. The summed E-state index contributed by atoms with van der Waals surface area (Å²) in [5.74, 6) is 0.263. The molecular weight excluding hydrogens is 226 g/mol. The fraction of sp³-hybridized carbons (Fsp3) is 0.933. The molecule has 2 aliphatic rings. The van der Waals surface area contributed by atoms with Crippen LogP contribution in [0.1, 0.15) is 48.0 Å². The van der Waals surface area contributed by atoms with Crippen LogP contribution in [0.4, 0.5) is 0 Å². The Morgan fingerprint density at radius 2 is 1.83 bits per heavy atom. The molecule has 2 rings (SSSR count). The van der Waals surface area contributed by atoms with Crippen LogP contribution < -0.4 is 0 Å². The van der Waals surface area contributed by atoms with Gasteiger partial charge in [-0.2, -0.15) is 0 Å². The topological polar surface area (TPSA) is 29.5 Å². The molecule has 0 radical (unpaired) electrons. The monoisotopic (exact) mass is 253 g/mol. The predicted molar refractivity (Wildman–Crippen MR) is 72.6 cm³/mol. The van der Waals surface area contributed by atoms with Gasteiger partial charge in [0, 0.05) is 13.1 Å². The maximum absolute atomic E-state index is 12.4. The maximum atomic E-state index is 12.4. The molecule has 0 aromatic heterocycles. The van der Waals surface area contributed by atoms with Gasteiger partial charge in [-0.1, -0.05) is 13.8 Å². The normalized spacial score (nSPS) is 34.1. The minimum atomic E-state index is -0.622. The van der Waals surface area contributed by atoms with E-state index in [9.17, 15) is 4.79 Å². The zero-order valence-electron chi connectivity index (χ0n) is 12.7. The van der Waals surface area contributed by atoms with E-state index in [0.29, 0.717) is 5.41 Å². The van der Waals surface area contributed by atoms with Crippen molar-refractivity contribution >= 4 is 5.78 Å². The number of carbonyl (C=O) groups excluding carboxylic acids is 1. The Kier molecular flexibility index (Phi) is 3.14. The molecule has 0 aromatic carbocycles. The quantitative estimate of drug-likeness (QED) is 0.757. The standard InChI is InChI=1S/C15H27NO2/c1-13(2)7-8-16(10-13)9-11-12(17)15(5,6)18-14(11,3)4/h11H,7-10H2,1-6H3. The zero-order valence-corrected chi connectivity index (χ0v) is 12.7. The van der Waals surface area contributed by atoms with Gasteiger partial charge in [-0.05, 0) is 46.1 Å². The molecule has 2 heterocycles. The van der Waals surface area contributed by atoms with Gasteiger partial charge in [0.25, 0.3) is 0 Å². The number of ether oxygens (including phenoxy) is 1. The molecule has 18 heavy (non-hydrogen) atoms. The Morgan fingerprint density at radius 1 is 1.22 bits per heavy atom. The molecule has 0 saturated carbocycles. The molecule has 0 spiro atoms. The summed E-state index contributed by atoms with van der Waals surface area (Å²) in [7, 11) is 0. The second-order valence-electron chi connectivity index (χ2n) is 7.78. The molecule has 0 bridgehead atoms. The van der Waals surface area contributed by atoms with Crippen molar-refractivity contribution in [3.63, 3.8) is 0 Å². The van der Waals surface area contributed by atoms with Crippen LogP contribution in [0.15, 0.2) is 0 Å². The lowest BCUT2D eigenvalue weighted by Crippen LogP contribution is -2.40. The number of carbonyl (C=O) groups is 1. The molecule has 1 atom stereocenters. The zero-order chi connectivity index (χ0) is 13.8. The number of hydrogen-bond acceptors (Lipinski definition) is 3. The first-order valence-corrected chi connectivity index (χ1v) is 7.00. The lowest BCUT2D eigenvalue weighted by atomic mass is 9.85. The van der Waals surface area contributed by atoms with Crippen LogP contribution in [-0.4, -0.2) is 41.5 Å². The van der Waals surface area contributed by atoms with Crippen molar-refractivity contribution in [3.8, 4) is 0 Å². The van der Waals surface area contributed by atoms with E-state index in [4.69, 9.17) is 4.74 Å². The number of nitrogens with zero attached hydrogens (tertiary/aromatic N) is 1. The van der Waals surface area contributed by atoms with E-state index in [2.05, 4.69) is 18.7 Å². The highest BCUT2D eigenvalue weighted by atomic mass is 16.5. The number of rotatable bonds is 2. The van der Waals surface area contributed by atoms with Crippen LogP contribution in [0.3, 0.4) is 0 Å². The first-order valence-electron chi connectivity index (χ1n) is 7.00. The molecule has 3 nitrogen and oxygen atoms in total. The van der Waals surface area contributed by atoms with E-state index in [1.807, 2.05) is 27.7 Å². The third-order valence-corrected chi connectivity index (χ3v) is 4.46. The lowest BCUT2D eigenvalue weighted by molar-refractivity contribution is -0.132. The Labute approximate surface area is 111 Å². The summed E-state index contributed by atoms with van der Waals surface area (Å²) in [6.07, 6.45) is 1.22. The van der Waals surface area contributed by atoms with E-state index in [0.717, 1.165) is 19.6 Å². The van der Waals surface area contributed by atoms with Gasteiger partial charge in [-0.15, -0.1) is 0 Å². The van der Waals surface area contributed by atoms with Gasteiger partial charge in [-0.25, -0.2) is 0 Å². The molecule has 1 unspecified atom stereocenters. The molecule has 2 saturated heterocycles. The van der Waals surface area contributed by atoms with Crippen molar-refractivity contribution in [2.24, 2.45) is 11.3 Å². The van der Waals surface area contributed by atoms with Gasteiger partial charge in [0.15, 0.2) is 5.78 Å². The van der Waals surface area contributed by atoms with E-state index in [1.165, 1.54) is 6.42 Å². The van der Waals surface area contributed by atoms with Gasteiger partial charge in [0.2, 0.25) is 0 Å². The van der Waals surface area contributed by atoms with Gasteiger partial charge in [0.1, 0.15) is 5.60 Å². The average molecular weight is 253 g/mol. The summed E-state index contributed by atoms with van der Waals surface area (Å²) in [5.41, 5.74) is -0.571. The Bertz CT molecular complexity index is 358. The highest BCUT2D eigenvalue weighted by Crippen LogP contribution is 2.40. The van der Waals surface area contributed by atoms with Crippen molar-refractivity contribution in [3.05, 3.63) is 0 Å². The van der Waals surface area contributed by atoms with Crippen LogP contribution in [0, 0.1) is 11.3 Å². The molecule has 2 aliphatic heterocycles. The molecular formula is C15H27NO2. The molecule has 0 aromatic rings. The second kappa shape index (κ2) is 4.04. The Morgan fingerprint density at radius 3 is 2.22 bits per heavy atom. The minimum absolute atomic E-state index is 0.00130. The summed E-state index contributed by atoms with van der Waals surface area (Å²) in [6.45, 7) is 15.5. The van der Waals surface area contributed by atoms with Crippen LogP contribution in [0.2, 0.25) is 0 Å². The van der Waals surface area contributed by atoms with Crippen LogP contribution in [0.25, 0.3) is 0 Å². The molecule has 0 amide bonds. The largest absolute Gasteiger partial charge is 0.361 e. The van der Waals surface area contributed by atoms with E-state index in [1.54, 1.807) is 0 Å². The fourth-order valence-electron chi connectivity index (χ4n) is 3.46. The Hall–Kier alpha value is -0.410. The van der Waals surface area contributed by atoms with E-state index >= 15 is 0 Å². The lowest BCUT2D eigenvalue weighted by Gasteiger charge is -2.29. The predicted octanol–water partition coefficient (Wildman–Crippen LogP) is 2.49. The molecule has 104 valence electrons. The summed E-state index contributed by atoms with van der Waals surface area (Å²) in [5, 5.41) is 0. The molecule has 3 heteroatoms. The fourth-order valence-corrected chi connectivity index (χ4v) is 3.46. The van der Waals surface area contributed by atoms with Gasteiger partial charge >= 0.3 is 0 Å². The van der Waals surface area contributed by atoms with Crippen molar-refractivity contribution in [2.75, 3.05) is 19.6 Å². The smallest absolute Gasteiger partial charge is 0.171 e. The van der Waals surface area contributed by atoms with Gasteiger partial charge in [0.05, 0.1) is 11.5 Å². The van der Waals surface area contributed by atoms with Crippen LogP contribution >= 0.6 is 0 Å². The first kappa shape index (κ1) is 14.0. The van der Waals surface area contributed by atoms with Gasteiger partial charge in [-0.3, -0.25) is 4.79 Å². The third kappa shape index (κ3) is 2.48. The summed E-state index contributed by atoms with van der Waals surface area (Å²) in [6, 6.07) is 0. The number of likely N-dealkylation sites (tertiary alicyclic amines) is 1.